The first-order valence-electron chi connectivity index (χ1n) is 11.3. The maximum absolute atomic E-state index is 14.2. The van der Waals surface area contributed by atoms with Gasteiger partial charge in [0.25, 0.3) is 5.91 Å². The number of ether oxygens (including phenoxy) is 2. The SMILES string of the molecule is Cc1cccc(C)c1N1CC=C[C@]23O[C@@H]4C=CCOC(=O)[C@@H]4[C@H]2C(=O)N([C@H](C)CO)C3C1=O. The summed E-state index contributed by atoms with van der Waals surface area (Å²) < 4.78 is 11.8. The molecular weight excluding hydrogens is 424 g/mol. The number of hydrogen-bond donors (Lipinski definition) is 1. The summed E-state index contributed by atoms with van der Waals surface area (Å²) in [5, 5.41) is 9.94. The molecule has 4 aliphatic heterocycles. The lowest BCUT2D eigenvalue weighted by Crippen LogP contribution is -2.58. The molecule has 2 amide bonds. The van der Waals surface area contributed by atoms with Crippen molar-refractivity contribution in [1.82, 2.24) is 4.90 Å². The minimum Gasteiger partial charge on any atom is -0.461 e. The maximum Gasteiger partial charge on any atom is 0.313 e. The van der Waals surface area contributed by atoms with Gasteiger partial charge in [0.2, 0.25) is 5.91 Å². The maximum atomic E-state index is 14.2. The van der Waals surface area contributed by atoms with Gasteiger partial charge in [0.05, 0.1) is 24.7 Å². The molecule has 33 heavy (non-hydrogen) atoms. The number of fused-ring (bicyclic) bond motifs is 2. The second-order valence-corrected chi connectivity index (χ2v) is 9.27. The van der Waals surface area contributed by atoms with Crippen molar-refractivity contribution in [1.29, 1.82) is 0 Å². The largest absolute Gasteiger partial charge is 0.461 e. The molecule has 0 aromatic heterocycles. The van der Waals surface area contributed by atoms with Gasteiger partial charge in [-0.1, -0.05) is 36.4 Å². The van der Waals surface area contributed by atoms with E-state index in [9.17, 15) is 19.5 Å². The van der Waals surface area contributed by atoms with E-state index in [2.05, 4.69) is 0 Å². The van der Waals surface area contributed by atoms with Gasteiger partial charge in [-0.15, -0.1) is 0 Å². The molecule has 174 valence electrons. The number of aryl methyl sites for hydroxylation is 2. The zero-order chi connectivity index (χ0) is 23.5. The molecule has 1 aromatic rings. The van der Waals surface area contributed by atoms with Crippen LogP contribution in [0.15, 0.2) is 42.5 Å². The molecule has 2 fully saturated rings. The molecule has 0 bridgehead atoms. The molecule has 1 spiro atoms. The molecule has 4 aliphatic rings. The number of cyclic esters (lactones) is 1. The Hall–Kier alpha value is -2.97. The normalized spacial score (nSPS) is 33.9. The highest BCUT2D eigenvalue weighted by molar-refractivity contribution is 6.06. The van der Waals surface area contributed by atoms with E-state index >= 15 is 0 Å². The number of rotatable bonds is 3. The van der Waals surface area contributed by atoms with Crippen molar-refractivity contribution in [2.75, 3.05) is 24.7 Å². The van der Waals surface area contributed by atoms with Crippen LogP contribution < -0.4 is 4.90 Å². The average molecular weight is 453 g/mol. The Kier molecular flexibility index (Phi) is 5.17. The van der Waals surface area contributed by atoms with Crippen LogP contribution >= 0.6 is 0 Å². The number of carbonyl (C=O) groups is 3. The molecule has 8 heteroatoms. The van der Waals surface area contributed by atoms with Crippen LogP contribution in [0.5, 0.6) is 0 Å². The molecule has 0 radical (unpaired) electrons. The van der Waals surface area contributed by atoms with Crippen LogP contribution in [0, 0.1) is 25.7 Å². The van der Waals surface area contributed by atoms with Crippen molar-refractivity contribution in [3.05, 3.63) is 53.6 Å². The summed E-state index contributed by atoms with van der Waals surface area (Å²) >= 11 is 0. The van der Waals surface area contributed by atoms with Gasteiger partial charge < -0.3 is 24.4 Å². The molecule has 0 saturated carbocycles. The number of esters is 1. The Bertz CT molecular complexity index is 1060. The highest BCUT2D eigenvalue weighted by Gasteiger charge is 2.72. The quantitative estimate of drug-likeness (QED) is 0.548. The third-order valence-corrected chi connectivity index (χ3v) is 7.30. The monoisotopic (exact) mass is 452 g/mol. The highest BCUT2D eigenvalue weighted by atomic mass is 16.6. The van der Waals surface area contributed by atoms with Crippen molar-refractivity contribution < 1.29 is 29.0 Å². The molecule has 1 unspecified atom stereocenters. The minimum atomic E-state index is -1.32. The second kappa shape index (κ2) is 7.81. The summed E-state index contributed by atoms with van der Waals surface area (Å²) in [6, 6.07) is 4.19. The van der Waals surface area contributed by atoms with Gasteiger partial charge in [-0.25, -0.2) is 0 Å². The van der Waals surface area contributed by atoms with Gasteiger partial charge in [-0.05, 0) is 38.0 Å². The number of hydrogen-bond acceptors (Lipinski definition) is 6. The van der Waals surface area contributed by atoms with Gasteiger partial charge in [-0.3, -0.25) is 14.4 Å². The number of para-hydroxylation sites is 1. The Balaban J connectivity index is 1.67. The lowest BCUT2D eigenvalue weighted by Gasteiger charge is -2.38. The number of anilines is 1. The number of aliphatic hydroxyl groups excluding tert-OH is 1. The fourth-order valence-corrected chi connectivity index (χ4v) is 5.90. The van der Waals surface area contributed by atoms with Crippen LogP contribution in [-0.4, -0.2) is 71.3 Å². The first kappa shape index (κ1) is 21.9. The predicted molar refractivity (Wildman–Crippen MR) is 119 cm³/mol. The van der Waals surface area contributed by atoms with E-state index in [0.717, 1.165) is 16.8 Å². The molecular formula is C25H28N2O6. The minimum absolute atomic E-state index is 0.123. The summed E-state index contributed by atoms with van der Waals surface area (Å²) in [4.78, 5) is 44.0. The lowest BCUT2D eigenvalue weighted by molar-refractivity contribution is -0.153. The summed E-state index contributed by atoms with van der Waals surface area (Å²) in [6.07, 6.45) is 6.42. The Labute approximate surface area is 192 Å². The third kappa shape index (κ3) is 3.00. The number of likely N-dealkylation sites (tertiary alicyclic amines) is 1. The fraction of sp³-hybridized carbons (Fsp3) is 0.480. The Morgan fingerprint density at radius 1 is 1.15 bits per heavy atom. The first-order valence-corrected chi connectivity index (χ1v) is 11.3. The van der Waals surface area contributed by atoms with Crippen molar-refractivity contribution in [3.8, 4) is 0 Å². The van der Waals surface area contributed by atoms with E-state index in [1.54, 1.807) is 30.1 Å². The van der Waals surface area contributed by atoms with Crippen LogP contribution in [0.25, 0.3) is 0 Å². The summed E-state index contributed by atoms with van der Waals surface area (Å²) in [5.41, 5.74) is 1.36. The Morgan fingerprint density at radius 2 is 1.88 bits per heavy atom. The third-order valence-electron chi connectivity index (χ3n) is 7.30. The zero-order valence-corrected chi connectivity index (χ0v) is 18.9. The van der Waals surface area contributed by atoms with E-state index in [4.69, 9.17) is 9.47 Å². The van der Waals surface area contributed by atoms with Gasteiger partial charge >= 0.3 is 5.97 Å². The van der Waals surface area contributed by atoms with Crippen LogP contribution in [0.1, 0.15) is 18.1 Å². The predicted octanol–water partition coefficient (Wildman–Crippen LogP) is 1.28. The van der Waals surface area contributed by atoms with Crippen molar-refractivity contribution >= 4 is 23.5 Å². The smallest absolute Gasteiger partial charge is 0.313 e. The van der Waals surface area contributed by atoms with E-state index in [1.165, 1.54) is 4.90 Å². The van der Waals surface area contributed by atoms with Crippen LogP contribution in [-0.2, 0) is 23.9 Å². The topological polar surface area (TPSA) is 96.4 Å². The number of aliphatic hydroxyl groups is 1. The van der Waals surface area contributed by atoms with Gasteiger partial charge in [-0.2, -0.15) is 0 Å². The Morgan fingerprint density at radius 3 is 2.58 bits per heavy atom. The number of amides is 2. The second-order valence-electron chi connectivity index (χ2n) is 9.27. The van der Waals surface area contributed by atoms with Crippen LogP contribution in [0.2, 0.25) is 0 Å². The van der Waals surface area contributed by atoms with E-state index in [1.807, 2.05) is 38.1 Å². The van der Waals surface area contributed by atoms with E-state index in [-0.39, 0.29) is 25.0 Å². The summed E-state index contributed by atoms with van der Waals surface area (Å²) in [5.74, 6) is -2.92. The molecule has 4 heterocycles. The highest BCUT2D eigenvalue weighted by Crippen LogP contribution is 2.54. The van der Waals surface area contributed by atoms with Gasteiger partial charge in [0, 0.05) is 12.2 Å². The molecule has 5 rings (SSSR count). The number of carbonyl (C=O) groups excluding carboxylic acids is 3. The number of nitrogens with zero attached hydrogens (tertiary/aromatic N) is 2. The average Bonchev–Trinajstić information content (AvgIpc) is 3.09. The molecule has 6 atom stereocenters. The lowest BCUT2D eigenvalue weighted by atomic mass is 9.78. The van der Waals surface area contributed by atoms with Crippen LogP contribution in [0.3, 0.4) is 0 Å². The molecule has 0 aliphatic carbocycles. The number of benzene rings is 1. The van der Waals surface area contributed by atoms with E-state index in [0.29, 0.717) is 6.54 Å². The molecule has 1 aromatic carbocycles. The summed E-state index contributed by atoms with van der Waals surface area (Å²) in [6.45, 7) is 5.70. The van der Waals surface area contributed by atoms with E-state index < -0.39 is 41.6 Å². The van der Waals surface area contributed by atoms with Crippen molar-refractivity contribution in [3.63, 3.8) is 0 Å². The van der Waals surface area contributed by atoms with Crippen molar-refractivity contribution in [2.45, 2.75) is 44.6 Å². The fourth-order valence-electron chi connectivity index (χ4n) is 5.90. The zero-order valence-electron chi connectivity index (χ0n) is 18.9. The van der Waals surface area contributed by atoms with Crippen molar-refractivity contribution in [2.24, 2.45) is 11.8 Å². The molecule has 1 N–H and O–H groups in total. The first-order chi connectivity index (χ1) is 15.8. The summed E-state index contributed by atoms with van der Waals surface area (Å²) in [7, 11) is 0. The molecule has 2 saturated heterocycles. The van der Waals surface area contributed by atoms with Gasteiger partial charge in [0.1, 0.15) is 24.2 Å². The molecule has 8 nitrogen and oxygen atoms in total. The van der Waals surface area contributed by atoms with Crippen LogP contribution in [0.4, 0.5) is 5.69 Å². The standard InChI is InChI=1S/C25H28N2O6/c1-14-7-4-8-15(2)20(14)26-11-6-10-25-19(18-17(33-25)9-5-12-32-24(18)31)22(29)27(16(3)13-28)21(25)23(26)30/h4-10,16-19,21,28H,11-13H2,1-3H3/t16-,17-,18+,19+,21?,25+/m1/s1. The van der Waals surface area contributed by atoms with Gasteiger partial charge in [0.15, 0.2) is 0 Å².